The first kappa shape index (κ1) is 16.4. The van der Waals surface area contributed by atoms with E-state index in [1.54, 1.807) is 0 Å². The van der Waals surface area contributed by atoms with Gasteiger partial charge in [-0.25, -0.2) is 0 Å². The zero-order valence-corrected chi connectivity index (χ0v) is 12.7. The summed E-state index contributed by atoms with van der Waals surface area (Å²) >= 11 is 0. The summed E-state index contributed by atoms with van der Waals surface area (Å²) in [7, 11) is 0. The second kappa shape index (κ2) is 7.85. The maximum atomic E-state index is 9.31. The smallest absolute Gasteiger partial charge is 0.0449 e. The Bertz CT molecular complexity index is 392. The molecule has 1 atom stereocenters. The summed E-state index contributed by atoms with van der Waals surface area (Å²) in [4.78, 5) is 2.48. The minimum absolute atomic E-state index is 0. The van der Waals surface area contributed by atoms with Crippen LogP contribution in [0, 0.1) is 13.8 Å². The quantitative estimate of drug-likeness (QED) is 0.888. The molecule has 0 amide bonds. The maximum Gasteiger partial charge on any atom is 0.0449 e. The second-order valence-corrected chi connectivity index (χ2v) is 5.16. The van der Waals surface area contributed by atoms with Crippen LogP contribution in [0.4, 0.5) is 0 Å². The van der Waals surface area contributed by atoms with Crippen LogP contribution in [-0.2, 0) is 0 Å². The van der Waals surface area contributed by atoms with Crippen LogP contribution in [0.15, 0.2) is 18.2 Å². The summed E-state index contributed by atoms with van der Waals surface area (Å²) in [5, 5.41) is 12.7. The van der Waals surface area contributed by atoms with E-state index in [2.05, 4.69) is 42.3 Å². The molecule has 2 N–H and O–H groups in total. The van der Waals surface area contributed by atoms with Gasteiger partial charge in [-0.05, 0) is 37.0 Å². The first-order valence-corrected chi connectivity index (χ1v) is 6.85. The van der Waals surface area contributed by atoms with E-state index in [9.17, 15) is 5.11 Å². The van der Waals surface area contributed by atoms with E-state index in [0.717, 1.165) is 32.6 Å². The zero-order valence-electron chi connectivity index (χ0n) is 11.9. The molecule has 4 heteroatoms. The molecule has 0 aromatic heterocycles. The Kier molecular flexibility index (Phi) is 6.80. The largest absolute Gasteiger partial charge is 0.396 e. The van der Waals surface area contributed by atoms with Crippen LogP contribution in [0.25, 0.3) is 0 Å². The fourth-order valence-corrected chi connectivity index (χ4v) is 2.65. The molecular weight excluding hydrogens is 260 g/mol. The van der Waals surface area contributed by atoms with E-state index in [1.807, 2.05) is 0 Å². The van der Waals surface area contributed by atoms with Crippen molar-refractivity contribution in [3.8, 4) is 0 Å². The fourth-order valence-electron chi connectivity index (χ4n) is 2.65. The molecule has 0 bridgehead atoms. The Morgan fingerprint density at radius 1 is 1.21 bits per heavy atom. The number of rotatable bonds is 4. The van der Waals surface area contributed by atoms with E-state index in [4.69, 9.17) is 0 Å². The van der Waals surface area contributed by atoms with Crippen molar-refractivity contribution in [1.29, 1.82) is 0 Å². The van der Waals surface area contributed by atoms with Crippen molar-refractivity contribution >= 4 is 12.4 Å². The molecule has 3 nitrogen and oxygen atoms in total. The summed E-state index contributed by atoms with van der Waals surface area (Å²) in [6.45, 7) is 8.79. The Morgan fingerprint density at radius 2 is 1.89 bits per heavy atom. The van der Waals surface area contributed by atoms with Gasteiger partial charge in [0.2, 0.25) is 0 Å². The van der Waals surface area contributed by atoms with Gasteiger partial charge in [-0.3, -0.25) is 4.90 Å². The minimum Gasteiger partial charge on any atom is -0.396 e. The van der Waals surface area contributed by atoms with Crippen molar-refractivity contribution in [2.24, 2.45) is 0 Å². The van der Waals surface area contributed by atoms with Crippen molar-refractivity contribution in [3.05, 3.63) is 34.9 Å². The molecule has 0 spiro atoms. The van der Waals surface area contributed by atoms with Crippen molar-refractivity contribution < 1.29 is 5.11 Å². The van der Waals surface area contributed by atoms with Gasteiger partial charge in [-0.2, -0.15) is 0 Å². The van der Waals surface area contributed by atoms with E-state index in [1.165, 1.54) is 16.7 Å². The highest BCUT2D eigenvalue weighted by molar-refractivity contribution is 5.85. The Labute approximate surface area is 122 Å². The number of hydrogen-bond donors (Lipinski definition) is 2. The number of aliphatic hydroxyl groups excluding tert-OH is 1. The Hall–Kier alpha value is -0.610. The molecule has 0 unspecified atom stereocenters. The van der Waals surface area contributed by atoms with Crippen LogP contribution in [-0.4, -0.2) is 42.8 Å². The van der Waals surface area contributed by atoms with Crippen LogP contribution in [0.2, 0.25) is 0 Å². The van der Waals surface area contributed by atoms with Crippen molar-refractivity contribution in [2.45, 2.75) is 26.3 Å². The van der Waals surface area contributed by atoms with Gasteiger partial charge in [-0.15, -0.1) is 12.4 Å². The fraction of sp³-hybridized carbons (Fsp3) is 0.600. The van der Waals surface area contributed by atoms with Gasteiger partial charge in [0.1, 0.15) is 0 Å². The van der Waals surface area contributed by atoms with Crippen LogP contribution in [0.5, 0.6) is 0 Å². The third-order valence-corrected chi connectivity index (χ3v) is 3.91. The number of halogens is 1. The molecule has 108 valence electrons. The number of aliphatic hydroxyl groups is 1. The molecule has 0 aliphatic carbocycles. The summed E-state index contributed by atoms with van der Waals surface area (Å²) in [6.07, 6.45) is 0.822. The van der Waals surface area contributed by atoms with Crippen molar-refractivity contribution in [2.75, 3.05) is 32.8 Å². The van der Waals surface area contributed by atoms with Gasteiger partial charge in [0.25, 0.3) is 0 Å². The SMILES string of the molecule is Cc1ccc([C@H](CCO)N2CCNCC2)cc1C.Cl. The molecule has 1 aromatic rings. The molecule has 0 saturated carbocycles. The molecule has 1 heterocycles. The molecule has 1 fully saturated rings. The van der Waals surface area contributed by atoms with Crippen molar-refractivity contribution in [3.63, 3.8) is 0 Å². The van der Waals surface area contributed by atoms with Crippen LogP contribution in [0.1, 0.15) is 29.2 Å². The van der Waals surface area contributed by atoms with Gasteiger partial charge < -0.3 is 10.4 Å². The predicted octanol–water partition coefficient (Wildman–Crippen LogP) is 2.05. The van der Waals surface area contributed by atoms with Crippen LogP contribution < -0.4 is 5.32 Å². The zero-order chi connectivity index (χ0) is 13.0. The van der Waals surface area contributed by atoms with Crippen LogP contribution in [0.3, 0.4) is 0 Å². The molecule has 1 saturated heterocycles. The predicted molar refractivity (Wildman–Crippen MR) is 82.1 cm³/mol. The molecule has 1 aliphatic heterocycles. The van der Waals surface area contributed by atoms with Crippen LogP contribution >= 0.6 is 12.4 Å². The average molecular weight is 285 g/mol. The van der Waals surface area contributed by atoms with E-state index in [-0.39, 0.29) is 19.0 Å². The topological polar surface area (TPSA) is 35.5 Å². The summed E-state index contributed by atoms with van der Waals surface area (Å²) in [6, 6.07) is 7.04. The van der Waals surface area contributed by atoms with E-state index >= 15 is 0 Å². The molecule has 1 aromatic carbocycles. The number of nitrogens with one attached hydrogen (secondary N) is 1. The monoisotopic (exact) mass is 284 g/mol. The summed E-state index contributed by atoms with van der Waals surface area (Å²) in [5.41, 5.74) is 4.02. The third kappa shape index (κ3) is 4.18. The molecule has 1 aliphatic rings. The molecule has 0 radical (unpaired) electrons. The van der Waals surface area contributed by atoms with Gasteiger partial charge in [0, 0.05) is 38.8 Å². The standard InChI is InChI=1S/C15H24N2O.ClH/c1-12-3-4-14(11-13(12)2)15(5-10-18)17-8-6-16-7-9-17;/h3-4,11,15-16,18H,5-10H2,1-2H3;1H/t15-;/m0./s1. The van der Waals surface area contributed by atoms with E-state index < -0.39 is 0 Å². The lowest BCUT2D eigenvalue weighted by atomic mass is 9.97. The van der Waals surface area contributed by atoms with E-state index in [0.29, 0.717) is 6.04 Å². The normalized spacial score (nSPS) is 17.8. The van der Waals surface area contributed by atoms with Gasteiger partial charge in [0.15, 0.2) is 0 Å². The maximum absolute atomic E-state index is 9.31. The lowest BCUT2D eigenvalue weighted by Gasteiger charge is -2.35. The lowest BCUT2D eigenvalue weighted by Crippen LogP contribution is -2.45. The number of aryl methyl sites for hydroxylation is 2. The second-order valence-electron chi connectivity index (χ2n) is 5.16. The summed E-state index contributed by atoms with van der Waals surface area (Å²) < 4.78 is 0. The lowest BCUT2D eigenvalue weighted by molar-refractivity contribution is 0.141. The molecule has 19 heavy (non-hydrogen) atoms. The number of piperazine rings is 1. The Balaban J connectivity index is 0.00000180. The number of nitrogens with zero attached hydrogens (tertiary/aromatic N) is 1. The highest BCUT2D eigenvalue weighted by Crippen LogP contribution is 2.26. The highest BCUT2D eigenvalue weighted by atomic mass is 35.5. The summed E-state index contributed by atoms with van der Waals surface area (Å²) in [5.74, 6) is 0. The Morgan fingerprint density at radius 3 is 2.47 bits per heavy atom. The third-order valence-electron chi connectivity index (χ3n) is 3.91. The van der Waals surface area contributed by atoms with Gasteiger partial charge >= 0.3 is 0 Å². The molecular formula is C15H25ClN2O. The average Bonchev–Trinajstić information content (AvgIpc) is 2.40. The molecule has 2 rings (SSSR count). The van der Waals surface area contributed by atoms with Gasteiger partial charge in [-0.1, -0.05) is 18.2 Å². The van der Waals surface area contributed by atoms with Crippen molar-refractivity contribution in [1.82, 2.24) is 10.2 Å². The number of benzene rings is 1. The number of hydrogen-bond acceptors (Lipinski definition) is 3. The van der Waals surface area contributed by atoms with Gasteiger partial charge in [0.05, 0.1) is 0 Å². The highest BCUT2D eigenvalue weighted by Gasteiger charge is 2.21. The first-order valence-electron chi connectivity index (χ1n) is 6.85. The minimum atomic E-state index is 0. The first-order chi connectivity index (χ1) is 8.72.